The van der Waals surface area contributed by atoms with Gasteiger partial charge in [0, 0.05) is 11.5 Å². The van der Waals surface area contributed by atoms with Crippen molar-refractivity contribution in [1.82, 2.24) is 0 Å². The zero-order valence-electron chi connectivity index (χ0n) is 28.5. The largest absolute Gasteiger partial charge is 0.504 e. The van der Waals surface area contributed by atoms with Gasteiger partial charge in [-0.1, -0.05) is 52.8 Å². The molecule has 6 rings (SSSR count). The fourth-order valence-electron chi connectivity index (χ4n) is 12.8. The number of hydrogen-bond acceptors (Lipinski definition) is 6. The molecular formula is C39H54O7. The topological polar surface area (TPSA) is 124 Å². The van der Waals surface area contributed by atoms with Crippen LogP contribution in [0.2, 0.25) is 0 Å². The summed E-state index contributed by atoms with van der Waals surface area (Å²) in [6.07, 6.45) is 9.31. The molecule has 0 bridgehead atoms. The second-order valence-electron chi connectivity index (χ2n) is 17.2. The number of carbonyl (C=O) groups excluding carboxylic acids is 1. The maximum atomic E-state index is 13.0. The van der Waals surface area contributed by atoms with Crippen molar-refractivity contribution in [3.8, 4) is 11.5 Å². The van der Waals surface area contributed by atoms with Crippen LogP contribution in [0.15, 0.2) is 36.4 Å². The van der Waals surface area contributed by atoms with E-state index in [-0.39, 0.29) is 45.5 Å². The number of ether oxygens (including phenoxy) is 1. The van der Waals surface area contributed by atoms with E-state index in [1.807, 2.05) is 0 Å². The van der Waals surface area contributed by atoms with Crippen LogP contribution in [0, 0.1) is 56.7 Å². The number of benzene rings is 1. The summed E-state index contributed by atoms with van der Waals surface area (Å²) in [5.74, 6) is -0.321. The van der Waals surface area contributed by atoms with Gasteiger partial charge in [0.1, 0.15) is 6.10 Å². The molecule has 11 atom stereocenters. The summed E-state index contributed by atoms with van der Waals surface area (Å²) >= 11 is 0. The molecule has 11 unspecified atom stereocenters. The molecule has 0 heterocycles. The minimum atomic E-state index is -0.812. The highest BCUT2D eigenvalue weighted by Gasteiger charge is 2.72. The molecule has 0 spiro atoms. The van der Waals surface area contributed by atoms with E-state index in [2.05, 4.69) is 48.1 Å². The molecule has 0 amide bonds. The zero-order chi connectivity index (χ0) is 33.6. The standard InChI is InChI=1S/C39H54O7/c1-22(2)24-14-17-39(34(44)45)19-18-37(6)25(32(24)39)10-12-30-36(5)21-28(42)33(35(3,4)29(36)15-16-38(30,37)7)46-31(43)13-9-23-8-11-26(40)27(41)20-23/h8-9,11,13,20,24-25,28-30,32-33,40-42H,1,10,12,14-19,21H2,2-7H3,(H,44,45)/b13-9+. The van der Waals surface area contributed by atoms with Crippen LogP contribution in [0.3, 0.4) is 0 Å². The van der Waals surface area contributed by atoms with E-state index in [0.717, 1.165) is 56.9 Å². The van der Waals surface area contributed by atoms with E-state index in [1.54, 1.807) is 6.07 Å². The van der Waals surface area contributed by atoms with Crippen LogP contribution < -0.4 is 0 Å². The Kier molecular flexibility index (Phi) is 7.82. The third kappa shape index (κ3) is 4.53. The number of carbonyl (C=O) groups is 2. The normalized spacial score (nSPS) is 44.4. The van der Waals surface area contributed by atoms with Crippen LogP contribution in [0.4, 0.5) is 0 Å². The summed E-state index contributed by atoms with van der Waals surface area (Å²) in [4.78, 5) is 26.0. The lowest BCUT2D eigenvalue weighted by Gasteiger charge is -2.73. The number of fused-ring (bicyclic) bond motifs is 7. The molecule has 4 N–H and O–H groups in total. The number of aliphatic hydroxyl groups excluding tert-OH is 1. The van der Waals surface area contributed by atoms with Gasteiger partial charge >= 0.3 is 11.9 Å². The van der Waals surface area contributed by atoms with Gasteiger partial charge in [0.15, 0.2) is 11.5 Å². The van der Waals surface area contributed by atoms with Crippen molar-refractivity contribution in [2.24, 2.45) is 56.7 Å². The van der Waals surface area contributed by atoms with Crippen LogP contribution in [0.5, 0.6) is 11.5 Å². The third-order valence-corrected chi connectivity index (χ3v) is 15.0. The van der Waals surface area contributed by atoms with Crippen molar-refractivity contribution in [2.75, 3.05) is 0 Å². The predicted octanol–water partition coefficient (Wildman–Crippen LogP) is 7.74. The van der Waals surface area contributed by atoms with Gasteiger partial charge in [0.25, 0.3) is 0 Å². The minimum absolute atomic E-state index is 0.00256. The van der Waals surface area contributed by atoms with E-state index < -0.39 is 35.0 Å². The fraction of sp³-hybridized carbons (Fsp3) is 0.692. The highest BCUT2D eigenvalue weighted by atomic mass is 16.6. The second kappa shape index (κ2) is 10.9. The summed E-state index contributed by atoms with van der Waals surface area (Å²) in [5.41, 5.74) is 0.423. The summed E-state index contributed by atoms with van der Waals surface area (Å²) in [7, 11) is 0. The van der Waals surface area contributed by atoms with E-state index in [9.17, 15) is 30.0 Å². The first-order valence-electron chi connectivity index (χ1n) is 17.4. The lowest BCUT2D eigenvalue weighted by Crippen LogP contribution is -2.69. The average molecular weight is 635 g/mol. The maximum absolute atomic E-state index is 13.0. The minimum Gasteiger partial charge on any atom is -0.504 e. The monoisotopic (exact) mass is 634 g/mol. The van der Waals surface area contributed by atoms with Crippen LogP contribution in [0.25, 0.3) is 6.08 Å². The molecular weight excluding hydrogens is 580 g/mol. The van der Waals surface area contributed by atoms with Crippen molar-refractivity contribution in [3.63, 3.8) is 0 Å². The molecule has 7 nitrogen and oxygen atoms in total. The van der Waals surface area contributed by atoms with Gasteiger partial charge in [-0.3, -0.25) is 4.79 Å². The summed E-state index contributed by atoms with van der Waals surface area (Å²) in [6, 6.07) is 4.33. The van der Waals surface area contributed by atoms with Gasteiger partial charge < -0.3 is 25.2 Å². The van der Waals surface area contributed by atoms with Crippen molar-refractivity contribution < 1.29 is 34.8 Å². The van der Waals surface area contributed by atoms with Gasteiger partial charge in [-0.2, -0.15) is 0 Å². The maximum Gasteiger partial charge on any atom is 0.331 e. The van der Waals surface area contributed by atoms with E-state index in [0.29, 0.717) is 23.8 Å². The Morgan fingerprint density at radius 3 is 2.28 bits per heavy atom. The van der Waals surface area contributed by atoms with Crippen molar-refractivity contribution in [3.05, 3.63) is 42.0 Å². The number of carboxylic acid groups (broad SMARTS) is 1. The van der Waals surface area contributed by atoms with Crippen molar-refractivity contribution >= 4 is 18.0 Å². The predicted molar refractivity (Wildman–Crippen MR) is 177 cm³/mol. The summed E-state index contributed by atoms with van der Waals surface area (Å²) in [5, 5.41) is 41.8. The molecule has 0 radical (unpaired) electrons. The number of hydrogen-bond donors (Lipinski definition) is 4. The van der Waals surface area contributed by atoms with E-state index in [4.69, 9.17) is 4.74 Å². The molecule has 0 saturated heterocycles. The van der Waals surface area contributed by atoms with Gasteiger partial charge in [-0.15, -0.1) is 0 Å². The zero-order valence-corrected chi connectivity index (χ0v) is 28.5. The van der Waals surface area contributed by atoms with Crippen LogP contribution in [-0.2, 0) is 14.3 Å². The lowest BCUT2D eigenvalue weighted by atomic mass is 9.32. The number of phenols is 2. The van der Waals surface area contributed by atoms with Crippen LogP contribution in [-0.4, -0.2) is 44.6 Å². The third-order valence-electron chi connectivity index (χ3n) is 15.0. The number of phenolic OH excluding ortho intramolecular Hbond substituents is 2. The number of esters is 1. The number of aliphatic hydroxyl groups is 1. The molecule has 5 fully saturated rings. The Morgan fingerprint density at radius 2 is 1.63 bits per heavy atom. The molecule has 0 aliphatic heterocycles. The number of aromatic hydroxyl groups is 2. The molecule has 5 saturated carbocycles. The molecule has 46 heavy (non-hydrogen) atoms. The Morgan fingerprint density at radius 1 is 0.913 bits per heavy atom. The molecule has 252 valence electrons. The van der Waals surface area contributed by atoms with Crippen LogP contribution in [0.1, 0.15) is 105 Å². The molecule has 7 heteroatoms. The summed E-state index contributed by atoms with van der Waals surface area (Å²) in [6.45, 7) is 18.1. The first-order chi connectivity index (χ1) is 21.4. The molecule has 5 aliphatic carbocycles. The molecule has 0 aromatic heterocycles. The number of allylic oxidation sites excluding steroid dienone is 1. The second-order valence-corrected chi connectivity index (χ2v) is 17.2. The number of aliphatic carboxylic acids is 1. The number of carboxylic acids is 1. The van der Waals surface area contributed by atoms with Gasteiger partial charge in [0.05, 0.1) is 11.5 Å². The first kappa shape index (κ1) is 33.1. The average Bonchev–Trinajstić information content (AvgIpc) is 3.38. The molecule has 5 aliphatic rings. The quantitative estimate of drug-likeness (QED) is 0.113. The Labute approximate surface area is 274 Å². The summed E-state index contributed by atoms with van der Waals surface area (Å²) < 4.78 is 6.02. The first-order valence-corrected chi connectivity index (χ1v) is 17.4. The van der Waals surface area contributed by atoms with Crippen molar-refractivity contribution in [2.45, 2.75) is 112 Å². The highest BCUT2D eigenvalue weighted by molar-refractivity contribution is 5.87. The Hall–Kier alpha value is -2.80. The van der Waals surface area contributed by atoms with Gasteiger partial charge in [-0.25, -0.2) is 4.79 Å². The fourth-order valence-corrected chi connectivity index (χ4v) is 12.8. The van der Waals surface area contributed by atoms with E-state index in [1.165, 1.54) is 24.3 Å². The van der Waals surface area contributed by atoms with Gasteiger partial charge in [0.2, 0.25) is 0 Å². The SMILES string of the molecule is C=C(C)C1CCC2(C(=O)O)CCC3(C)C(CCC4C5(C)CC(O)C(OC(=O)/C=C/c6ccc(O)c(O)c6)C(C)(C)C5CCC43C)C12. The highest BCUT2D eigenvalue weighted by Crippen LogP contribution is 2.77. The molecule has 1 aromatic rings. The van der Waals surface area contributed by atoms with Gasteiger partial charge in [-0.05, 0) is 134 Å². The smallest absolute Gasteiger partial charge is 0.331 e. The Balaban J connectivity index is 1.26. The lowest BCUT2D eigenvalue weighted by molar-refractivity contribution is -0.265. The van der Waals surface area contributed by atoms with E-state index >= 15 is 0 Å². The van der Waals surface area contributed by atoms with Crippen molar-refractivity contribution in [1.29, 1.82) is 0 Å². The number of rotatable bonds is 5. The Bertz CT molecular complexity index is 1460. The molecule has 1 aromatic carbocycles. The van der Waals surface area contributed by atoms with Crippen LogP contribution >= 0.6 is 0 Å².